The predicted octanol–water partition coefficient (Wildman–Crippen LogP) is 3.49. The summed E-state index contributed by atoms with van der Waals surface area (Å²) in [6.45, 7) is 4.07. The molecular weight excluding hydrogens is 246 g/mol. The average Bonchev–Trinajstić information content (AvgIpc) is 2.93. The molecule has 1 aromatic rings. The number of nitrogens with one attached hydrogen (secondary N) is 1. The van der Waals surface area contributed by atoms with Gasteiger partial charge in [-0.15, -0.1) is 0 Å². The molecule has 0 saturated carbocycles. The minimum Gasteiger partial charge on any atom is -0.374 e. The molecule has 3 rings (SSSR count). The molecule has 98 valence electrons. The van der Waals surface area contributed by atoms with Gasteiger partial charge in [-0.25, -0.2) is 0 Å². The lowest BCUT2D eigenvalue weighted by atomic mass is 10.0. The van der Waals surface area contributed by atoms with Crippen molar-refractivity contribution in [2.45, 2.75) is 44.2 Å². The van der Waals surface area contributed by atoms with Gasteiger partial charge < -0.3 is 10.1 Å². The average molecular weight is 266 g/mol. The molecule has 2 atom stereocenters. The molecule has 0 amide bonds. The van der Waals surface area contributed by atoms with Crippen LogP contribution in [0.2, 0.25) is 5.02 Å². The van der Waals surface area contributed by atoms with Crippen LogP contribution in [-0.4, -0.2) is 18.8 Å². The van der Waals surface area contributed by atoms with Gasteiger partial charge in [-0.1, -0.05) is 17.7 Å². The van der Waals surface area contributed by atoms with Gasteiger partial charge in [-0.3, -0.25) is 0 Å². The number of benzene rings is 1. The fourth-order valence-corrected chi connectivity index (χ4v) is 3.31. The first-order valence-corrected chi connectivity index (χ1v) is 7.20. The van der Waals surface area contributed by atoms with Gasteiger partial charge in [-0.05, 0) is 55.9 Å². The Kier molecular flexibility index (Phi) is 3.35. The van der Waals surface area contributed by atoms with Crippen LogP contribution in [0.25, 0.3) is 0 Å². The molecule has 18 heavy (non-hydrogen) atoms. The van der Waals surface area contributed by atoms with E-state index < -0.39 is 0 Å². The molecule has 2 unspecified atom stereocenters. The molecule has 2 aliphatic rings. The summed E-state index contributed by atoms with van der Waals surface area (Å²) in [5.74, 6) is 0. The molecular formula is C15H20ClNO. The Morgan fingerprint density at radius 1 is 1.50 bits per heavy atom. The van der Waals surface area contributed by atoms with E-state index in [0.29, 0.717) is 6.04 Å². The summed E-state index contributed by atoms with van der Waals surface area (Å²) in [6.07, 6.45) is 4.66. The highest BCUT2D eigenvalue weighted by Gasteiger charge is 2.31. The summed E-state index contributed by atoms with van der Waals surface area (Å²) in [7, 11) is 0. The van der Waals surface area contributed by atoms with E-state index in [9.17, 15) is 0 Å². The van der Waals surface area contributed by atoms with E-state index in [4.69, 9.17) is 16.3 Å². The Labute approximate surface area is 114 Å². The number of hydrogen-bond donors (Lipinski definition) is 1. The topological polar surface area (TPSA) is 21.3 Å². The molecule has 1 fully saturated rings. The van der Waals surface area contributed by atoms with Crippen molar-refractivity contribution >= 4 is 11.6 Å². The summed E-state index contributed by atoms with van der Waals surface area (Å²) in [6, 6.07) is 6.74. The molecule has 1 aromatic carbocycles. The summed E-state index contributed by atoms with van der Waals surface area (Å²) >= 11 is 6.03. The van der Waals surface area contributed by atoms with Crippen LogP contribution in [0.1, 0.15) is 43.4 Å². The molecule has 0 bridgehead atoms. The highest BCUT2D eigenvalue weighted by atomic mass is 35.5. The van der Waals surface area contributed by atoms with E-state index in [2.05, 4.69) is 24.4 Å². The van der Waals surface area contributed by atoms with Crippen LogP contribution < -0.4 is 5.32 Å². The number of ether oxygens (including phenoxy) is 1. The van der Waals surface area contributed by atoms with Gasteiger partial charge in [0, 0.05) is 24.2 Å². The molecule has 1 N–H and O–H groups in total. The zero-order valence-corrected chi connectivity index (χ0v) is 11.6. The maximum Gasteiger partial charge on any atom is 0.0779 e. The highest BCUT2D eigenvalue weighted by molar-refractivity contribution is 6.30. The van der Waals surface area contributed by atoms with Crippen LogP contribution in [0.4, 0.5) is 0 Å². The molecule has 1 saturated heterocycles. The van der Waals surface area contributed by atoms with Gasteiger partial charge in [0.25, 0.3) is 0 Å². The van der Waals surface area contributed by atoms with E-state index in [1.807, 2.05) is 6.07 Å². The molecule has 0 aromatic heterocycles. The summed E-state index contributed by atoms with van der Waals surface area (Å²) < 4.78 is 5.82. The van der Waals surface area contributed by atoms with Gasteiger partial charge in [-0.2, -0.15) is 0 Å². The Morgan fingerprint density at radius 2 is 2.39 bits per heavy atom. The van der Waals surface area contributed by atoms with Crippen molar-refractivity contribution in [3.8, 4) is 0 Å². The molecule has 1 aliphatic carbocycles. The fourth-order valence-electron chi connectivity index (χ4n) is 3.11. The Bertz CT molecular complexity index is 440. The highest BCUT2D eigenvalue weighted by Crippen LogP contribution is 2.34. The van der Waals surface area contributed by atoms with Crippen molar-refractivity contribution in [2.24, 2.45) is 0 Å². The number of hydrogen-bond acceptors (Lipinski definition) is 2. The molecule has 1 heterocycles. The molecule has 1 aliphatic heterocycles. The van der Waals surface area contributed by atoms with E-state index in [-0.39, 0.29) is 5.60 Å². The minimum absolute atomic E-state index is 0.0369. The first kappa shape index (κ1) is 12.5. The van der Waals surface area contributed by atoms with Gasteiger partial charge >= 0.3 is 0 Å². The van der Waals surface area contributed by atoms with E-state index >= 15 is 0 Å². The Hall–Kier alpha value is -0.570. The van der Waals surface area contributed by atoms with Crippen LogP contribution in [0.15, 0.2) is 18.2 Å². The molecule has 2 nitrogen and oxygen atoms in total. The molecule has 3 heteroatoms. The summed E-state index contributed by atoms with van der Waals surface area (Å²) in [5.41, 5.74) is 2.85. The maximum absolute atomic E-state index is 6.03. The first-order valence-electron chi connectivity index (χ1n) is 6.82. The van der Waals surface area contributed by atoms with Crippen LogP contribution in [0, 0.1) is 0 Å². The number of aryl methyl sites for hydroxylation is 1. The zero-order valence-electron chi connectivity index (χ0n) is 10.8. The van der Waals surface area contributed by atoms with Crippen LogP contribution in [0.3, 0.4) is 0 Å². The predicted molar refractivity (Wildman–Crippen MR) is 74.1 cm³/mol. The van der Waals surface area contributed by atoms with Crippen molar-refractivity contribution in [1.82, 2.24) is 5.32 Å². The molecule has 0 radical (unpaired) electrons. The third-order valence-corrected chi connectivity index (χ3v) is 4.44. The molecule has 0 spiro atoms. The van der Waals surface area contributed by atoms with Crippen molar-refractivity contribution in [1.29, 1.82) is 0 Å². The second-order valence-electron chi connectivity index (χ2n) is 5.72. The van der Waals surface area contributed by atoms with Gasteiger partial charge in [0.1, 0.15) is 0 Å². The van der Waals surface area contributed by atoms with Crippen molar-refractivity contribution in [2.75, 3.05) is 13.2 Å². The van der Waals surface area contributed by atoms with Crippen LogP contribution in [0.5, 0.6) is 0 Å². The van der Waals surface area contributed by atoms with Crippen LogP contribution >= 0.6 is 11.6 Å². The quantitative estimate of drug-likeness (QED) is 0.903. The standard InChI is InChI=1S/C15H20ClNO/c1-15(7-2-8-18-15)10-17-14-6-3-11-9-12(16)4-5-13(11)14/h4-5,9,14,17H,2-3,6-8,10H2,1H3. The lowest BCUT2D eigenvalue weighted by molar-refractivity contribution is 0.0187. The lowest BCUT2D eigenvalue weighted by Gasteiger charge is -2.26. The number of fused-ring (bicyclic) bond motifs is 1. The van der Waals surface area contributed by atoms with E-state index in [1.165, 1.54) is 30.4 Å². The second-order valence-corrected chi connectivity index (χ2v) is 6.15. The first-order chi connectivity index (χ1) is 8.66. The lowest BCUT2D eigenvalue weighted by Crippen LogP contribution is -2.38. The zero-order chi connectivity index (χ0) is 12.6. The smallest absolute Gasteiger partial charge is 0.0779 e. The summed E-state index contributed by atoms with van der Waals surface area (Å²) in [4.78, 5) is 0. The monoisotopic (exact) mass is 265 g/mol. The van der Waals surface area contributed by atoms with Gasteiger partial charge in [0.2, 0.25) is 0 Å². The largest absolute Gasteiger partial charge is 0.374 e. The van der Waals surface area contributed by atoms with Gasteiger partial charge in [0.05, 0.1) is 5.60 Å². The van der Waals surface area contributed by atoms with Crippen molar-refractivity contribution < 1.29 is 4.74 Å². The Morgan fingerprint density at radius 3 is 3.17 bits per heavy atom. The van der Waals surface area contributed by atoms with Crippen molar-refractivity contribution in [3.63, 3.8) is 0 Å². The number of rotatable bonds is 3. The third kappa shape index (κ3) is 2.42. The second kappa shape index (κ2) is 4.84. The maximum atomic E-state index is 6.03. The normalized spacial score (nSPS) is 30.7. The van der Waals surface area contributed by atoms with Crippen LogP contribution in [-0.2, 0) is 11.2 Å². The minimum atomic E-state index is 0.0369. The fraction of sp³-hybridized carbons (Fsp3) is 0.600. The third-order valence-electron chi connectivity index (χ3n) is 4.21. The van der Waals surface area contributed by atoms with E-state index in [1.54, 1.807) is 0 Å². The Balaban J connectivity index is 1.66. The SMILES string of the molecule is CC1(CNC2CCc3cc(Cl)ccc32)CCCO1. The van der Waals surface area contributed by atoms with Crippen molar-refractivity contribution in [3.05, 3.63) is 34.3 Å². The van der Waals surface area contributed by atoms with E-state index in [0.717, 1.165) is 24.6 Å². The summed E-state index contributed by atoms with van der Waals surface area (Å²) in [5, 5.41) is 4.52. The van der Waals surface area contributed by atoms with Gasteiger partial charge in [0.15, 0.2) is 0 Å². The number of halogens is 1.